The van der Waals surface area contributed by atoms with E-state index in [1.54, 1.807) is 6.20 Å². The van der Waals surface area contributed by atoms with Gasteiger partial charge >= 0.3 is 5.97 Å². The summed E-state index contributed by atoms with van der Waals surface area (Å²) in [5.41, 5.74) is 2.91. The van der Waals surface area contributed by atoms with E-state index in [-0.39, 0.29) is 12.6 Å². The molecule has 4 rings (SSSR count). The second kappa shape index (κ2) is 10.3. The highest BCUT2D eigenvalue weighted by molar-refractivity contribution is 5.80. The lowest BCUT2D eigenvalue weighted by Gasteiger charge is -2.34. The summed E-state index contributed by atoms with van der Waals surface area (Å²) in [5, 5.41) is 16.6. The molecule has 2 aromatic heterocycles. The summed E-state index contributed by atoms with van der Waals surface area (Å²) in [6.07, 6.45) is 1.94. The third-order valence-electron chi connectivity index (χ3n) is 5.84. The number of nitrogens with one attached hydrogen (secondary N) is 2. The Kier molecular flexibility index (Phi) is 7.04. The van der Waals surface area contributed by atoms with Gasteiger partial charge in [-0.15, -0.1) is 0 Å². The van der Waals surface area contributed by atoms with Crippen LogP contribution in [0.4, 0.5) is 10.7 Å². The SMILES string of the molecule is COC(=O)C(CN1CCC(Nc2nc3ccccc3n2Cc2ccccn2)CC1)NC(=O)[O-]. The number of amides is 1. The average molecular weight is 452 g/mol. The molecule has 0 saturated carbocycles. The lowest BCUT2D eigenvalue weighted by molar-refractivity contribution is -0.252. The Hall–Kier alpha value is -3.66. The normalized spacial score (nSPS) is 15.8. The van der Waals surface area contributed by atoms with Crippen molar-refractivity contribution in [3.8, 4) is 0 Å². The molecule has 1 amide bonds. The molecule has 0 aliphatic carbocycles. The fourth-order valence-corrected chi connectivity index (χ4v) is 4.16. The molecular formula is C23H27N6O4-. The van der Waals surface area contributed by atoms with Crippen molar-refractivity contribution in [2.45, 2.75) is 31.5 Å². The Labute approximate surface area is 191 Å². The lowest BCUT2D eigenvalue weighted by Crippen LogP contribution is -2.54. The molecule has 1 atom stereocenters. The van der Waals surface area contributed by atoms with E-state index in [0.29, 0.717) is 19.6 Å². The molecule has 10 nitrogen and oxygen atoms in total. The minimum absolute atomic E-state index is 0.200. The highest BCUT2D eigenvalue weighted by Gasteiger charge is 2.26. The predicted octanol–water partition coefficient (Wildman–Crippen LogP) is 0.830. The number of carbonyl (C=O) groups excluding carboxylic acids is 2. The molecule has 1 unspecified atom stereocenters. The number of para-hydroxylation sites is 2. The minimum atomic E-state index is -1.49. The number of piperidine rings is 1. The number of imidazole rings is 1. The summed E-state index contributed by atoms with van der Waals surface area (Å²) in [4.78, 5) is 34.1. The van der Waals surface area contributed by atoms with Gasteiger partial charge in [0.1, 0.15) is 12.1 Å². The Morgan fingerprint density at radius 2 is 1.94 bits per heavy atom. The number of anilines is 1. The van der Waals surface area contributed by atoms with E-state index in [1.165, 1.54) is 7.11 Å². The van der Waals surface area contributed by atoms with Gasteiger partial charge in [-0.3, -0.25) is 4.98 Å². The molecule has 1 aliphatic heterocycles. The molecular weight excluding hydrogens is 424 g/mol. The Morgan fingerprint density at radius 1 is 1.18 bits per heavy atom. The number of carboxylic acid groups (broad SMARTS) is 1. The van der Waals surface area contributed by atoms with Crippen molar-refractivity contribution in [1.82, 2.24) is 24.8 Å². The summed E-state index contributed by atoms with van der Waals surface area (Å²) < 4.78 is 6.84. The van der Waals surface area contributed by atoms with Crippen molar-refractivity contribution in [2.75, 3.05) is 32.1 Å². The summed E-state index contributed by atoms with van der Waals surface area (Å²) in [6.45, 7) is 2.27. The number of hydrogen-bond donors (Lipinski definition) is 2. The third-order valence-corrected chi connectivity index (χ3v) is 5.84. The maximum absolute atomic E-state index is 11.9. The second-order valence-corrected chi connectivity index (χ2v) is 8.06. The Morgan fingerprint density at radius 3 is 2.64 bits per heavy atom. The van der Waals surface area contributed by atoms with Gasteiger partial charge in [-0.2, -0.15) is 0 Å². The van der Waals surface area contributed by atoms with Crippen LogP contribution in [0, 0.1) is 0 Å². The van der Waals surface area contributed by atoms with Crippen LogP contribution in [-0.2, 0) is 16.1 Å². The number of hydrogen-bond acceptors (Lipinski definition) is 8. The molecule has 1 fully saturated rings. The van der Waals surface area contributed by atoms with Gasteiger partial charge in [0.2, 0.25) is 5.95 Å². The zero-order chi connectivity index (χ0) is 23.2. The maximum atomic E-state index is 11.9. The van der Waals surface area contributed by atoms with Crippen molar-refractivity contribution in [2.24, 2.45) is 0 Å². The van der Waals surface area contributed by atoms with Crippen LogP contribution in [0.5, 0.6) is 0 Å². The van der Waals surface area contributed by atoms with E-state index in [1.807, 2.05) is 41.3 Å². The minimum Gasteiger partial charge on any atom is -0.530 e. The van der Waals surface area contributed by atoms with Crippen molar-refractivity contribution < 1.29 is 19.4 Å². The van der Waals surface area contributed by atoms with Gasteiger partial charge in [0, 0.05) is 31.9 Å². The second-order valence-electron chi connectivity index (χ2n) is 8.06. The number of nitrogens with zero attached hydrogens (tertiary/aromatic N) is 4. The number of ether oxygens (including phenoxy) is 1. The van der Waals surface area contributed by atoms with E-state index in [9.17, 15) is 14.7 Å². The van der Waals surface area contributed by atoms with Gasteiger partial charge in [0.25, 0.3) is 0 Å². The van der Waals surface area contributed by atoms with E-state index < -0.39 is 18.1 Å². The first kappa shape index (κ1) is 22.5. The summed E-state index contributed by atoms with van der Waals surface area (Å²) in [5.74, 6) is 0.175. The first-order valence-corrected chi connectivity index (χ1v) is 10.9. The van der Waals surface area contributed by atoms with Crippen molar-refractivity contribution in [1.29, 1.82) is 0 Å². The van der Waals surface area contributed by atoms with Gasteiger partial charge in [-0.05, 0) is 37.1 Å². The zero-order valence-corrected chi connectivity index (χ0v) is 18.4. The van der Waals surface area contributed by atoms with Crippen LogP contribution < -0.4 is 15.7 Å². The molecule has 0 spiro atoms. The Bertz CT molecular complexity index is 1090. The molecule has 0 bridgehead atoms. The van der Waals surface area contributed by atoms with E-state index in [2.05, 4.69) is 26.3 Å². The van der Waals surface area contributed by atoms with Gasteiger partial charge in [0.15, 0.2) is 0 Å². The van der Waals surface area contributed by atoms with Crippen LogP contribution >= 0.6 is 0 Å². The number of carbonyl (C=O) groups is 2. The molecule has 174 valence electrons. The van der Waals surface area contributed by atoms with Crippen LogP contribution in [0.15, 0.2) is 48.7 Å². The maximum Gasteiger partial charge on any atom is 0.329 e. The molecule has 2 N–H and O–H groups in total. The molecule has 0 radical (unpaired) electrons. The molecule has 1 saturated heterocycles. The fourth-order valence-electron chi connectivity index (χ4n) is 4.16. The van der Waals surface area contributed by atoms with Gasteiger partial charge < -0.3 is 34.7 Å². The Balaban J connectivity index is 1.42. The quantitative estimate of drug-likeness (QED) is 0.483. The first-order valence-electron chi connectivity index (χ1n) is 10.9. The van der Waals surface area contributed by atoms with Gasteiger partial charge in [-0.1, -0.05) is 18.2 Å². The van der Waals surface area contributed by atoms with Gasteiger partial charge in [-0.25, -0.2) is 9.78 Å². The number of esters is 1. The van der Waals surface area contributed by atoms with Crippen LogP contribution in [0.2, 0.25) is 0 Å². The zero-order valence-electron chi connectivity index (χ0n) is 18.4. The summed E-state index contributed by atoms with van der Waals surface area (Å²) in [6, 6.07) is 13.1. The predicted molar refractivity (Wildman–Crippen MR) is 120 cm³/mol. The first-order chi connectivity index (χ1) is 16.0. The van der Waals surface area contributed by atoms with Crippen LogP contribution in [0.1, 0.15) is 18.5 Å². The fraction of sp³-hybridized carbons (Fsp3) is 0.391. The van der Waals surface area contributed by atoms with E-state index in [4.69, 9.17) is 9.72 Å². The highest BCUT2D eigenvalue weighted by atomic mass is 16.5. The monoisotopic (exact) mass is 451 g/mol. The number of aromatic nitrogens is 3. The molecule has 1 aromatic carbocycles. The number of likely N-dealkylation sites (tertiary alicyclic amines) is 1. The third kappa shape index (κ3) is 5.58. The largest absolute Gasteiger partial charge is 0.530 e. The van der Waals surface area contributed by atoms with Crippen LogP contribution in [0.25, 0.3) is 11.0 Å². The number of rotatable bonds is 8. The van der Waals surface area contributed by atoms with Crippen molar-refractivity contribution in [3.05, 3.63) is 54.4 Å². The van der Waals surface area contributed by atoms with Gasteiger partial charge in [0.05, 0.1) is 30.4 Å². The molecule has 3 heterocycles. The smallest absolute Gasteiger partial charge is 0.329 e. The van der Waals surface area contributed by atoms with Crippen molar-refractivity contribution >= 4 is 29.0 Å². The van der Waals surface area contributed by atoms with E-state index >= 15 is 0 Å². The van der Waals surface area contributed by atoms with Crippen LogP contribution in [0.3, 0.4) is 0 Å². The molecule has 10 heteroatoms. The molecule has 33 heavy (non-hydrogen) atoms. The highest BCUT2D eigenvalue weighted by Crippen LogP contribution is 2.23. The number of fused-ring (bicyclic) bond motifs is 1. The molecule has 1 aliphatic rings. The number of benzene rings is 1. The van der Waals surface area contributed by atoms with Crippen LogP contribution in [-0.4, -0.2) is 70.3 Å². The number of methoxy groups -OCH3 is 1. The lowest BCUT2D eigenvalue weighted by atomic mass is 10.0. The summed E-state index contributed by atoms with van der Waals surface area (Å²) in [7, 11) is 1.24. The topological polar surface area (TPSA) is 124 Å². The summed E-state index contributed by atoms with van der Waals surface area (Å²) >= 11 is 0. The van der Waals surface area contributed by atoms with E-state index in [0.717, 1.165) is 35.5 Å². The van der Waals surface area contributed by atoms with Crippen molar-refractivity contribution in [3.63, 3.8) is 0 Å². The molecule has 3 aromatic rings. The standard InChI is InChI=1S/C23H28N6O4/c1-33-21(30)19(27-23(31)32)15-28-12-9-16(10-13-28)25-22-26-18-7-2-3-8-20(18)29(22)14-17-6-4-5-11-24-17/h2-8,11,16,19,27H,9-10,12-15H2,1H3,(H,25,26)(H,31,32)/p-1. The average Bonchev–Trinajstić information content (AvgIpc) is 3.16. The number of pyridine rings is 1.